The molecule has 2 aromatic carbocycles. The van der Waals surface area contributed by atoms with Crippen molar-refractivity contribution in [2.24, 2.45) is 0 Å². The Morgan fingerprint density at radius 2 is 1.59 bits per heavy atom. The molecule has 2 heterocycles. The molecule has 2 aliphatic rings. The lowest BCUT2D eigenvalue weighted by atomic mass is 10.0. The Morgan fingerprint density at radius 1 is 0.971 bits per heavy atom. The summed E-state index contributed by atoms with van der Waals surface area (Å²) in [7, 11) is -3.10. The summed E-state index contributed by atoms with van der Waals surface area (Å²) in [5.41, 5.74) is 2.17. The first kappa shape index (κ1) is 23.8. The fourth-order valence-corrected chi connectivity index (χ4v) is 4.82. The van der Waals surface area contributed by atoms with Gasteiger partial charge >= 0.3 is 0 Å². The molecule has 34 heavy (non-hydrogen) atoms. The predicted octanol–water partition coefficient (Wildman–Crippen LogP) is 2.17. The number of rotatable bonds is 8. The van der Waals surface area contributed by atoms with E-state index in [-0.39, 0.29) is 49.3 Å². The van der Waals surface area contributed by atoms with Gasteiger partial charge in [-0.2, -0.15) is 0 Å². The fourth-order valence-electron chi connectivity index (χ4n) is 4.39. The molecule has 9 nitrogen and oxygen atoms in total. The minimum Gasteiger partial charge on any atom is -0.281 e. The van der Waals surface area contributed by atoms with Crippen LogP contribution in [-0.2, 0) is 24.8 Å². The normalized spacial score (nSPS) is 19.2. The highest BCUT2D eigenvalue weighted by Gasteiger charge is 2.46. The SMILES string of the molecule is Cc1ccc(C(CCCN2C(=O)CCC(N3C(=O)c4ccccc4C3=O)C2=O)O[SH](=O)=O)cc1. The minimum absolute atomic E-state index is 0.0219. The highest BCUT2D eigenvalue weighted by Crippen LogP contribution is 2.30. The molecule has 4 amide bonds. The van der Waals surface area contributed by atoms with E-state index in [4.69, 9.17) is 4.18 Å². The molecule has 4 rings (SSSR count). The number of likely N-dealkylation sites (tertiary alicyclic amines) is 1. The summed E-state index contributed by atoms with van der Waals surface area (Å²) in [5, 5.41) is 0. The van der Waals surface area contributed by atoms with E-state index in [1.165, 1.54) is 12.1 Å². The van der Waals surface area contributed by atoms with Gasteiger partial charge in [0.2, 0.25) is 5.91 Å². The monoisotopic (exact) mass is 484 g/mol. The Bertz CT molecular complexity index is 1180. The summed E-state index contributed by atoms with van der Waals surface area (Å²) in [6, 6.07) is 12.5. The van der Waals surface area contributed by atoms with Crippen molar-refractivity contribution in [2.45, 2.75) is 44.8 Å². The number of aryl methyl sites for hydroxylation is 1. The highest BCUT2D eigenvalue weighted by atomic mass is 32.2. The summed E-state index contributed by atoms with van der Waals surface area (Å²) in [4.78, 5) is 53.3. The summed E-state index contributed by atoms with van der Waals surface area (Å²) in [5.74, 6) is -2.07. The molecule has 10 heteroatoms. The highest BCUT2D eigenvalue weighted by molar-refractivity contribution is 7.67. The number of thiol groups is 1. The van der Waals surface area contributed by atoms with E-state index in [0.717, 1.165) is 15.4 Å². The number of carbonyl (C=O) groups is 4. The van der Waals surface area contributed by atoms with Crippen molar-refractivity contribution in [1.29, 1.82) is 0 Å². The van der Waals surface area contributed by atoms with Gasteiger partial charge in [0, 0.05) is 13.0 Å². The Morgan fingerprint density at radius 3 is 2.18 bits per heavy atom. The molecule has 2 unspecified atom stereocenters. The Balaban J connectivity index is 1.45. The van der Waals surface area contributed by atoms with E-state index in [2.05, 4.69) is 0 Å². The number of hydrogen-bond donors (Lipinski definition) is 1. The van der Waals surface area contributed by atoms with E-state index >= 15 is 0 Å². The zero-order valence-corrected chi connectivity index (χ0v) is 19.4. The van der Waals surface area contributed by atoms with Crippen molar-refractivity contribution < 1.29 is 31.8 Å². The molecule has 0 radical (unpaired) electrons. The van der Waals surface area contributed by atoms with E-state index in [1.54, 1.807) is 24.3 Å². The standard InChI is InChI=1S/C24H24N2O7S/c1-15-8-10-16(11-9-15)20(33-34(31)32)7-4-14-25-21(27)13-12-19(24(25)30)26-22(28)17-5-2-3-6-18(17)23(26)29/h2-3,5-6,8-11,19-20,34H,4,7,12-14H2,1H3. The lowest BCUT2D eigenvalue weighted by Crippen LogP contribution is -2.56. The maximum absolute atomic E-state index is 13.2. The maximum atomic E-state index is 13.2. The molecule has 0 aliphatic carbocycles. The topological polar surface area (TPSA) is 118 Å². The zero-order chi connectivity index (χ0) is 24.4. The molecule has 0 aromatic heterocycles. The lowest BCUT2D eigenvalue weighted by molar-refractivity contribution is -0.151. The first-order chi connectivity index (χ1) is 16.3. The summed E-state index contributed by atoms with van der Waals surface area (Å²) < 4.78 is 27.4. The van der Waals surface area contributed by atoms with E-state index in [1.807, 2.05) is 19.1 Å². The van der Waals surface area contributed by atoms with Gasteiger partial charge in [0.15, 0.2) is 0 Å². The Labute approximate surface area is 198 Å². The van der Waals surface area contributed by atoms with Crippen LogP contribution in [0.1, 0.15) is 63.6 Å². The first-order valence-electron chi connectivity index (χ1n) is 11.0. The molecule has 1 saturated heterocycles. The van der Waals surface area contributed by atoms with Crippen molar-refractivity contribution in [3.05, 3.63) is 70.8 Å². The van der Waals surface area contributed by atoms with Crippen LogP contribution in [0.25, 0.3) is 0 Å². The molecule has 2 atom stereocenters. The molecule has 2 aromatic rings. The van der Waals surface area contributed by atoms with Crippen LogP contribution >= 0.6 is 0 Å². The van der Waals surface area contributed by atoms with Crippen molar-refractivity contribution in [3.63, 3.8) is 0 Å². The van der Waals surface area contributed by atoms with E-state index in [0.29, 0.717) is 5.56 Å². The van der Waals surface area contributed by atoms with Gasteiger partial charge in [-0.15, -0.1) is 0 Å². The Kier molecular flexibility index (Phi) is 6.90. The molecule has 0 N–H and O–H groups in total. The van der Waals surface area contributed by atoms with Crippen molar-refractivity contribution in [2.75, 3.05) is 6.54 Å². The summed E-state index contributed by atoms with van der Waals surface area (Å²) in [6.07, 6.45) is -0.113. The fraction of sp³-hybridized carbons (Fsp3) is 0.333. The van der Waals surface area contributed by atoms with Crippen LogP contribution in [0.5, 0.6) is 0 Å². The van der Waals surface area contributed by atoms with Gasteiger partial charge in [-0.3, -0.25) is 33.2 Å². The van der Waals surface area contributed by atoms with Crippen molar-refractivity contribution >= 4 is 34.6 Å². The number of nitrogens with zero attached hydrogens (tertiary/aromatic N) is 2. The second kappa shape index (κ2) is 9.86. The third-order valence-corrected chi connectivity index (χ3v) is 6.56. The average Bonchev–Trinajstić information content (AvgIpc) is 3.06. The van der Waals surface area contributed by atoms with Crippen LogP contribution in [0.15, 0.2) is 48.5 Å². The van der Waals surface area contributed by atoms with Crippen molar-refractivity contribution in [1.82, 2.24) is 9.80 Å². The number of fused-ring (bicyclic) bond motifs is 1. The molecule has 0 spiro atoms. The van der Waals surface area contributed by atoms with Crippen LogP contribution in [0.2, 0.25) is 0 Å². The number of imide groups is 2. The zero-order valence-electron chi connectivity index (χ0n) is 18.5. The predicted molar refractivity (Wildman–Crippen MR) is 121 cm³/mol. The van der Waals surface area contributed by atoms with Crippen LogP contribution in [0, 0.1) is 6.92 Å². The summed E-state index contributed by atoms with van der Waals surface area (Å²) in [6.45, 7) is 1.94. The average molecular weight is 485 g/mol. The van der Waals surface area contributed by atoms with Gasteiger partial charge in [-0.25, -0.2) is 8.42 Å². The third kappa shape index (κ3) is 4.64. The molecular weight excluding hydrogens is 460 g/mol. The third-order valence-electron chi connectivity index (χ3n) is 6.13. The smallest absolute Gasteiger partial charge is 0.262 e. The van der Waals surface area contributed by atoms with Gasteiger partial charge in [0.05, 0.1) is 11.1 Å². The second-order valence-corrected chi connectivity index (χ2v) is 8.99. The van der Waals surface area contributed by atoms with Gasteiger partial charge in [-0.05, 0) is 43.9 Å². The quantitative estimate of drug-likeness (QED) is 0.451. The van der Waals surface area contributed by atoms with Crippen LogP contribution in [0.3, 0.4) is 0 Å². The molecule has 0 saturated carbocycles. The number of amides is 4. The second-order valence-electron chi connectivity index (χ2n) is 8.33. The largest absolute Gasteiger partial charge is 0.281 e. The maximum Gasteiger partial charge on any atom is 0.262 e. The molecule has 1 fully saturated rings. The van der Waals surface area contributed by atoms with E-state index < -0.39 is 40.9 Å². The van der Waals surface area contributed by atoms with Gasteiger partial charge in [0.25, 0.3) is 28.7 Å². The molecule has 0 bridgehead atoms. The number of carbonyl (C=O) groups excluding carboxylic acids is 4. The van der Waals surface area contributed by atoms with Crippen LogP contribution in [0.4, 0.5) is 0 Å². The first-order valence-corrected chi connectivity index (χ1v) is 12.1. The van der Waals surface area contributed by atoms with Crippen LogP contribution in [-0.4, -0.2) is 54.4 Å². The number of piperidine rings is 1. The van der Waals surface area contributed by atoms with Gasteiger partial charge in [-0.1, -0.05) is 42.0 Å². The minimum atomic E-state index is -3.10. The molecular formula is C24H24N2O7S. The number of benzene rings is 2. The number of hydrogen-bond acceptors (Lipinski definition) is 7. The summed E-state index contributed by atoms with van der Waals surface area (Å²) >= 11 is 0. The molecule has 178 valence electrons. The van der Waals surface area contributed by atoms with E-state index in [9.17, 15) is 27.6 Å². The van der Waals surface area contributed by atoms with Gasteiger partial charge in [0.1, 0.15) is 12.1 Å². The van der Waals surface area contributed by atoms with Gasteiger partial charge < -0.3 is 0 Å². The van der Waals surface area contributed by atoms with Crippen molar-refractivity contribution in [3.8, 4) is 0 Å². The van der Waals surface area contributed by atoms with Crippen LogP contribution < -0.4 is 0 Å². The lowest BCUT2D eigenvalue weighted by Gasteiger charge is -2.34. The molecule has 2 aliphatic heterocycles. The Hall–Kier alpha value is -3.37.